The quantitative estimate of drug-likeness (QED) is 0.407. The highest BCUT2D eigenvalue weighted by Crippen LogP contribution is 2.41. The second-order valence-electron chi connectivity index (χ2n) is 8.03. The minimum atomic E-state index is -1.25. The van der Waals surface area contributed by atoms with Crippen LogP contribution in [0.1, 0.15) is 31.4 Å². The number of nitrogens with one attached hydrogen (secondary N) is 2. The van der Waals surface area contributed by atoms with E-state index in [2.05, 4.69) is 25.9 Å². The van der Waals surface area contributed by atoms with Gasteiger partial charge >= 0.3 is 6.03 Å². The number of aromatic nitrogens is 4. The van der Waals surface area contributed by atoms with Crippen LogP contribution in [-0.2, 0) is 15.1 Å². The van der Waals surface area contributed by atoms with Gasteiger partial charge in [0.1, 0.15) is 5.54 Å². The van der Waals surface area contributed by atoms with Crippen molar-refractivity contribution in [3.8, 4) is 11.4 Å². The summed E-state index contributed by atoms with van der Waals surface area (Å²) >= 11 is 1.21. The molecule has 3 aromatic rings. The fourth-order valence-electron chi connectivity index (χ4n) is 3.73. The van der Waals surface area contributed by atoms with E-state index in [0.717, 1.165) is 29.2 Å². The van der Waals surface area contributed by atoms with Crippen LogP contribution in [0.3, 0.4) is 0 Å². The van der Waals surface area contributed by atoms with Crippen LogP contribution < -0.4 is 10.7 Å². The number of urea groups is 1. The van der Waals surface area contributed by atoms with Crippen LogP contribution in [0.5, 0.6) is 0 Å². The molecule has 33 heavy (non-hydrogen) atoms. The standard InChI is InChI=1S/C22H21N7O3S/c1-22(15-5-3-2-4-6-15)19(31)29(20(32)24-22)27-17(30)13-33-21-26-25-18(28(21)16-7-8-16)14-9-11-23-12-10-14/h2-6,9-12,16H,7-8,13H2,1H3,(H,24,32)(H,27,30)/t22-/m0/s1. The van der Waals surface area contributed by atoms with Crippen molar-refractivity contribution in [2.45, 2.75) is 36.5 Å². The number of imide groups is 1. The van der Waals surface area contributed by atoms with Gasteiger partial charge in [-0.1, -0.05) is 42.1 Å². The van der Waals surface area contributed by atoms with Crippen LogP contribution in [0.25, 0.3) is 11.4 Å². The molecule has 168 valence electrons. The van der Waals surface area contributed by atoms with Crippen molar-refractivity contribution in [2.75, 3.05) is 5.75 Å². The molecule has 0 spiro atoms. The Morgan fingerprint density at radius 1 is 1.15 bits per heavy atom. The van der Waals surface area contributed by atoms with E-state index in [1.54, 1.807) is 43.6 Å². The summed E-state index contributed by atoms with van der Waals surface area (Å²) < 4.78 is 2.04. The number of hydrazine groups is 1. The molecular formula is C22H21N7O3S. The minimum Gasteiger partial charge on any atom is -0.318 e. The monoisotopic (exact) mass is 463 g/mol. The third-order valence-electron chi connectivity index (χ3n) is 5.63. The first-order valence-electron chi connectivity index (χ1n) is 10.5. The maximum Gasteiger partial charge on any atom is 0.344 e. The fraction of sp³-hybridized carbons (Fsp3) is 0.273. The molecule has 4 amide bonds. The van der Waals surface area contributed by atoms with Gasteiger partial charge in [0, 0.05) is 24.0 Å². The highest BCUT2D eigenvalue weighted by atomic mass is 32.2. The van der Waals surface area contributed by atoms with Crippen molar-refractivity contribution in [3.63, 3.8) is 0 Å². The van der Waals surface area contributed by atoms with E-state index in [9.17, 15) is 14.4 Å². The number of amides is 4. The predicted molar refractivity (Wildman–Crippen MR) is 120 cm³/mol. The van der Waals surface area contributed by atoms with Gasteiger partial charge in [-0.3, -0.25) is 24.6 Å². The van der Waals surface area contributed by atoms with Gasteiger partial charge in [0.25, 0.3) is 5.91 Å². The Morgan fingerprint density at radius 2 is 1.88 bits per heavy atom. The lowest BCUT2D eigenvalue weighted by Crippen LogP contribution is -2.48. The molecule has 1 atom stereocenters. The van der Waals surface area contributed by atoms with E-state index in [1.807, 2.05) is 22.8 Å². The van der Waals surface area contributed by atoms with Gasteiger partial charge in [-0.15, -0.1) is 10.2 Å². The van der Waals surface area contributed by atoms with Crippen molar-refractivity contribution in [1.29, 1.82) is 0 Å². The van der Waals surface area contributed by atoms with Gasteiger partial charge in [0.15, 0.2) is 11.0 Å². The average Bonchev–Trinajstić information content (AvgIpc) is 3.55. The van der Waals surface area contributed by atoms with E-state index in [1.165, 1.54) is 11.8 Å². The summed E-state index contributed by atoms with van der Waals surface area (Å²) in [6.07, 6.45) is 5.44. The van der Waals surface area contributed by atoms with E-state index >= 15 is 0 Å². The summed E-state index contributed by atoms with van der Waals surface area (Å²) in [6, 6.07) is 12.3. The van der Waals surface area contributed by atoms with Crippen LogP contribution in [0.2, 0.25) is 0 Å². The first-order valence-corrected chi connectivity index (χ1v) is 11.5. The number of benzene rings is 1. The number of thioether (sulfide) groups is 1. The first-order chi connectivity index (χ1) is 16.0. The van der Waals surface area contributed by atoms with Crippen LogP contribution in [0, 0.1) is 0 Å². The number of hydrogen-bond acceptors (Lipinski definition) is 7. The number of rotatable bonds is 7. The maximum absolute atomic E-state index is 12.9. The van der Waals surface area contributed by atoms with E-state index < -0.39 is 23.4 Å². The first kappa shape index (κ1) is 21.1. The van der Waals surface area contributed by atoms with Crippen molar-refractivity contribution in [1.82, 2.24) is 35.5 Å². The lowest BCUT2D eigenvalue weighted by molar-refractivity contribution is -0.138. The lowest BCUT2D eigenvalue weighted by Gasteiger charge is -2.22. The molecule has 1 saturated carbocycles. The minimum absolute atomic E-state index is 0.0275. The largest absolute Gasteiger partial charge is 0.344 e. The lowest BCUT2D eigenvalue weighted by atomic mass is 9.92. The topological polar surface area (TPSA) is 122 Å². The molecule has 0 radical (unpaired) electrons. The van der Waals surface area contributed by atoms with Crippen LogP contribution >= 0.6 is 11.8 Å². The zero-order valence-electron chi connectivity index (χ0n) is 17.8. The zero-order chi connectivity index (χ0) is 23.0. The third kappa shape index (κ3) is 3.95. The highest BCUT2D eigenvalue weighted by molar-refractivity contribution is 7.99. The molecular weight excluding hydrogens is 442 g/mol. The Morgan fingerprint density at radius 3 is 2.58 bits per heavy atom. The summed E-state index contributed by atoms with van der Waals surface area (Å²) in [7, 11) is 0. The van der Waals surface area contributed by atoms with E-state index in [-0.39, 0.29) is 5.75 Å². The van der Waals surface area contributed by atoms with E-state index in [0.29, 0.717) is 16.8 Å². The number of nitrogens with zero attached hydrogens (tertiary/aromatic N) is 5. The van der Waals surface area contributed by atoms with Crippen molar-refractivity contribution in [3.05, 3.63) is 60.4 Å². The van der Waals surface area contributed by atoms with Crippen molar-refractivity contribution < 1.29 is 14.4 Å². The van der Waals surface area contributed by atoms with Crippen molar-refractivity contribution >= 4 is 29.6 Å². The molecule has 10 nitrogen and oxygen atoms in total. The number of carbonyl (C=O) groups excluding carboxylic acids is 3. The molecule has 2 N–H and O–H groups in total. The smallest absolute Gasteiger partial charge is 0.318 e. The van der Waals surface area contributed by atoms with Crippen LogP contribution in [0.4, 0.5) is 4.79 Å². The third-order valence-corrected chi connectivity index (χ3v) is 6.57. The fourth-order valence-corrected chi connectivity index (χ4v) is 4.53. The molecule has 5 rings (SSSR count). The Hall–Kier alpha value is -3.73. The Kier molecular flexibility index (Phi) is 5.33. The van der Waals surface area contributed by atoms with Crippen LogP contribution in [0.15, 0.2) is 60.0 Å². The Bertz CT molecular complexity index is 1210. The summed E-state index contributed by atoms with van der Waals surface area (Å²) in [5.74, 6) is -0.328. The second kappa shape index (κ2) is 8.32. The van der Waals surface area contributed by atoms with Gasteiger partial charge in [0.2, 0.25) is 5.91 Å². The Labute approximate surface area is 193 Å². The average molecular weight is 464 g/mol. The van der Waals surface area contributed by atoms with Crippen molar-refractivity contribution in [2.24, 2.45) is 0 Å². The molecule has 2 aliphatic rings. The SMILES string of the molecule is C[C@@]1(c2ccccc2)NC(=O)N(NC(=O)CSc2nnc(-c3ccncc3)n2C2CC2)C1=O. The number of hydrogen-bond donors (Lipinski definition) is 2. The summed E-state index contributed by atoms with van der Waals surface area (Å²) in [6.45, 7) is 1.61. The molecule has 1 saturated heterocycles. The number of pyridine rings is 1. The molecule has 2 fully saturated rings. The zero-order valence-corrected chi connectivity index (χ0v) is 18.6. The van der Waals surface area contributed by atoms with Gasteiger partial charge in [-0.05, 0) is 37.5 Å². The highest BCUT2D eigenvalue weighted by Gasteiger charge is 2.50. The molecule has 11 heteroatoms. The summed E-state index contributed by atoms with van der Waals surface area (Å²) in [5, 5.41) is 12.6. The molecule has 0 bridgehead atoms. The summed E-state index contributed by atoms with van der Waals surface area (Å²) in [5.41, 5.74) is 2.71. The van der Waals surface area contributed by atoms with E-state index in [4.69, 9.17) is 0 Å². The van der Waals surface area contributed by atoms with Gasteiger partial charge in [0.05, 0.1) is 5.75 Å². The molecule has 2 aromatic heterocycles. The molecule has 1 aromatic carbocycles. The predicted octanol–water partition coefficient (Wildman–Crippen LogP) is 2.27. The normalized spacial score (nSPS) is 20.1. The van der Waals surface area contributed by atoms with Gasteiger partial charge in [-0.2, -0.15) is 5.01 Å². The molecule has 0 unspecified atom stereocenters. The second-order valence-corrected chi connectivity index (χ2v) is 8.97. The Balaban J connectivity index is 1.27. The van der Waals surface area contributed by atoms with Gasteiger partial charge in [-0.25, -0.2) is 4.79 Å². The number of carbonyl (C=O) groups is 3. The van der Waals surface area contributed by atoms with Crippen LogP contribution in [-0.4, -0.2) is 48.4 Å². The molecule has 1 aliphatic carbocycles. The van der Waals surface area contributed by atoms with Gasteiger partial charge < -0.3 is 5.32 Å². The maximum atomic E-state index is 12.9. The molecule has 3 heterocycles. The molecule has 1 aliphatic heterocycles. The summed E-state index contributed by atoms with van der Waals surface area (Å²) in [4.78, 5) is 42.0.